The first-order chi connectivity index (χ1) is 9.87. The number of nitro benzene ring substituents is 1. The van der Waals surface area contributed by atoms with E-state index in [-0.39, 0.29) is 16.7 Å². The fourth-order valence-electron chi connectivity index (χ4n) is 2.32. The average Bonchev–Trinajstić information content (AvgIpc) is 2.74. The topological polar surface area (TPSA) is 91.0 Å². The van der Waals surface area contributed by atoms with E-state index < -0.39 is 17.1 Å². The largest absolute Gasteiger partial charge is 0.348 e. The lowest BCUT2D eigenvalue weighted by atomic mass is 9.95. The number of amides is 1. The van der Waals surface area contributed by atoms with E-state index in [1.807, 2.05) is 13.8 Å². The zero-order valence-electron chi connectivity index (χ0n) is 11.7. The van der Waals surface area contributed by atoms with Crippen molar-refractivity contribution >= 4 is 17.2 Å². The number of hydrogen-bond acceptors (Lipinski definition) is 5. The molecule has 3 rings (SSSR count). The van der Waals surface area contributed by atoms with Crippen LogP contribution in [-0.2, 0) is 14.3 Å². The molecule has 0 bridgehead atoms. The molecule has 0 N–H and O–H groups in total. The van der Waals surface area contributed by atoms with Crippen LogP contribution in [0.1, 0.15) is 13.8 Å². The minimum Gasteiger partial charge on any atom is -0.348 e. The maximum atomic E-state index is 12.0. The molecule has 2 aliphatic heterocycles. The van der Waals surface area contributed by atoms with E-state index in [1.54, 1.807) is 0 Å². The lowest BCUT2D eigenvalue weighted by Gasteiger charge is -2.34. The Morgan fingerprint density at radius 1 is 1.33 bits per heavy atom. The van der Waals surface area contributed by atoms with Gasteiger partial charge in [0.2, 0.25) is 0 Å². The number of hydrogen-bond donors (Lipinski definition) is 0. The van der Waals surface area contributed by atoms with Crippen LogP contribution >= 0.6 is 0 Å². The summed E-state index contributed by atoms with van der Waals surface area (Å²) in [5.74, 6) is -0.463. The molecule has 0 aromatic heterocycles. The van der Waals surface area contributed by atoms with Gasteiger partial charge < -0.3 is 9.47 Å². The molecule has 0 spiro atoms. The fraction of sp³-hybridized carbons (Fsp3) is 0.429. The highest BCUT2D eigenvalue weighted by Crippen LogP contribution is 2.27. The van der Waals surface area contributed by atoms with Crippen LogP contribution in [0.5, 0.6) is 0 Å². The minimum absolute atomic E-state index is 0.0905. The number of benzene rings is 1. The predicted octanol–water partition coefficient (Wildman–Crippen LogP) is 0.304. The number of non-ortho nitro benzene ring substituents is 1. The predicted molar refractivity (Wildman–Crippen MR) is 71.8 cm³/mol. The van der Waals surface area contributed by atoms with Gasteiger partial charge in [0.1, 0.15) is 0 Å². The van der Waals surface area contributed by atoms with Crippen LogP contribution in [0.4, 0.5) is 5.69 Å². The normalized spacial score (nSPS) is 21.0. The number of rotatable bonds is 2. The van der Waals surface area contributed by atoms with Crippen molar-refractivity contribution in [1.82, 2.24) is 0 Å². The molecule has 0 saturated carbocycles. The highest BCUT2D eigenvalue weighted by molar-refractivity contribution is 6.16. The second-order valence-electron chi connectivity index (χ2n) is 5.91. The van der Waals surface area contributed by atoms with Gasteiger partial charge in [-0.25, -0.2) is 4.99 Å². The summed E-state index contributed by atoms with van der Waals surface area (Å²) < 4.78 is 11.2. The molecule has 1 aromatic carbocycles. The Bertz CT molecular complexity index is 743. The molecule has 1 saturated heterocycles. The molecule has 7 heteroatoms. The lowest BCUT2D eigenvalue weighted by Crippen LogP contribution is -2.41. The molecule has 0 unspecified atom stereocenters. The molecule has 21 heavy (non-hydrogen) atoms. The second-order valence-corrected chi connectivity index (χ2v) is 5.91. The quantitative estimate of drug-likeness (QED) is 0.577. The number of nitrogens with zero attached hydrogens (tertiary/aromatic N) is 2. The Hall–Kier alpha value is -2.12. The fourth-order valence-corrected chi connectivity index (χ4v) is 2.32. The van der Waals surface area contributed by atoms with Crippen LogP contribution in [-0.4, -0.2) is 30.3 Å². The number of carbonyl (C=O) groups is 1. The van der Waals surface area contributed by atoms with Gasteiger partial charge in [-0.2, -0.15) is 0 Å². The van der Waals surface area contributed by atoms with E-state index in [0.717, 1.165) is 0 Å². The van der Waals surface area contributed by atoms with Crippen LogP contribution in [0.2, 0.25) is 0 Å². The SMILES string of the molecule is CC1(C)COC(C2=c3cc([N+](=O)[O-])ccc3=NC2=O)OC1. The van der Waals surface area contributed by atoms with Gasteiger partial charge in [-0.05, 0) is 6.07 Å². The van der Waals surface area contributed by atoms with Gasteiger partial charge >= 0.3 is 0 Å². The Morgan fingerprint density at radius 2 is 2.00 bits per heavy atom. The van der Waals surface area contributed by atoms with Crippen molar-refractivity contribution in [3.63, 3.8) is 0 Å². The standard InChI is InChI=1S/C14H14N2O5/c1-14(2)6-20-13(21-7-14)11-9-5-8(16(18)19)3-4-10(9)15-12(11)17/h3-5,13H,6-7H2,1-2H3. The van der Waals surface area contributed by atoms with Crippen LogP contribution < -0.4 is 10.6 Å². The molecule has 1 aromatic rings. The molecule has 0 radical (unpaired) electrons. The maximum Gasteiger partial charge on any atom is 0.279 e. The smallest absolute Gasteiger partial charge is 0.279 e. The third-order valence-corrected chi connectivity index (χ3v) is 3.42. The highest BCUT2D eigenvalue weighted by Gasteiger charge is 2.35. The van der Waals surface area contributed by atoms with Crippen LogP contribution in [0, 0.1) is 15.5 Å². The molecular formula is C14H14N2O5. The lowest BCUT2D eigenvalue weighted by molar-refractivity contribution is -0.385. The van der Waals surface area contributed by atoms with Crippen LogP contribution in [0.25, 0.3) is 5.57 Å². The summed E-state index contributed by atoms with van der Waals surface area (Å²) in [5.41, 5.74) is 0.0259. The first kappa shape index (κ1) is 13.8. The Kier molecular flexibility index (Phi) is 3.11. The van der Waals surface area contributed by atoms with Crippen molar-refractivity contribution in [2.75, 3.05) is 13.2 Å². The van der Waals surface area contributed by atoms with Gasteiger partial charge in [-0.3, -0.25) is 14.9 Å². The first-order valence-electron chi connectivity index (χ1n) is 6.52. The average molecular weight is 290 g/mol. The molecule has 110 valence electrons. The molecule has 2 heterocycles. The maximum absolute atomic E-state index is 12.0. The number of carbonyl (C=O) groups excluding carboxylic acids is 1. The Morgan fingerprint density at radius 3 is 2.62 bits per heavy atom. The van der Waals surface area contributed by atoms with Crippen molar-refractivity contribution in [1.29, 1.82) is 0 Å². The molecule has 1 fully saturated rings. The summed E-state index contributed by atoms with van der Waals surface area (Å²) in [6.45, 7) is 4.87. The van der Waals surface area contributed by atoms with Gasteiger partial charge in [0, 0.05) is 22.8 Å². The van der Waals surface area contributed by atoms with Crippen molar-refractivity contribution in [2.24, 2.45) is 10.4 Å². The third-order valence-electron chi connectivity index (χ3n) is 3.42. The molecular weight excluding hydrogens is 276 g/mol. The molecule has 0 aliphatic carbocycles. The summed E-state index contributed by atoms with van der Waals surface area (Å²) in [6, 6.07) is 4.13. The summed E-state index contributed by atoms with van der Waals surface area (Å²) in [7, 11) is 0. The van der Waals surface area contributed by atoms with E-state index in [4.69, 9.17) is 9.47 Å². The zero-order chi connectivity index (χ0) is 15.2. The van der Waals surface area contributed by atoms with Gasteiger partial charge in [0.15, 0.2) is 6.29 Å². The van der Waals surface area contributed by atoms with Gasteiger partial charge in [-0.15, -0.1) is 0 Å². The molecule has 7 nitrogen and oxygen atoms in total. The molecule has 1 amide bonds. The first-order valence-corrected chi connectivity index (χ1v) is 6.52. The van der Waals surface area contributed by atoms with E-state index >= 15 is 0 Å². The van der Waals surface area contributed by atoms with Gasteiger partial charge in [0.25, 0.3) is 11.6 Å². The monoisotopic (exact) mass is 290 g/mol. The van der Waals surface area contributed by atoms with Gasteiger partial charge in [-0.1, -0.05) is 13.8 Å². The zero-order valence-corrected chi connectivity index (χ0v) is 11.7. The number of fused-ring (bicyclic) bond motifs is 1. The van der Waals surface area contributed by atoms with Crippen LogP contribution in [0.3, 0.4) is 0 Å². The summed E-state index contributed by atoms with van der Waals surface area (Å²) in [5, 5.41) is 11.7. The summed E-state index contributed by atoms with van der Waals surface area (Å²) in [6.07, 6.45) is -0.822. The van der Waals surface area contributed by atoms with Gasteiger partial charge in [0.05, 0.1) is 29.1 Å². The van der Waals surface area contributed by atoms with E-state index in [9.17, 15) is 14.9 Å². The molecule has 0 atom stereocenters. The number of ether oxygens (including phenoxy) is 2. The van der Waals surface area contributed by atoms with E-state index in [2.05, 4.69) is 4.99 Å². The van der Waals surface area contributed by atoms with E-state index in [0.29, 0.717) is 23.8 Å². The third kappa shape index (κ3) is 2.45. The van der Waals surface area contributed by atoms with Crippen molar-refractivity contribution < 1.29 is 19.2 Å². The summed E-state index contributed by atoms with van der Waals surface area (Å²) in [4.78, 5) is 26.3. The van der Waals surface area contributed by atoms with Crippen molar-refractivity contribution in [2.45, 2.75) is 20.1 Å². The van der Waals surface area contributed by atoms with Crippen molar-refractivity contribution in [3.05, 3.63) is 38.9 Å². The Balaban J connectivity index is 2.06. The minimum atomic E-state index is -0.822. The highest BCUT2D eigenvalue weighted by atomic mass is 16.7. The van der Waals surface area contributed by atoms with Crippen molar-refractivity contribution in [3.8, 4) is 0 Å². The molecule has 2 aliphatic rings. The Labute approximate surface area is 120 Å². The van der Waals surface area contributed by atoms with E-state index in [1.165, 1.54) is 18.2 Å². The van der Waals surface area contributed by atoms with Crippen LogP contribution in [0.15, 0.2) is 23.2 Å². The second kappa shape index (κ2) is 4.71. The summed E-state index contributed by atoms with van der Waals surface area (Å²) >= 11 is 0. The number of nitro groups is 1.